The summed E-state index contributed by atoms with van der Waals surface area (Å²) in [5.41, 5.74) is 1.16. The topological polar surface area (TPSA) is 58.6 Å². The summed E-state index contributed by atoms with van der Waals surface area (Å²) in [6.45, 7) is 1.66. The van der Waals surface area contributed by atoms with Crippen molar-refractivity contribution in [1.82, 2.24) is 10.2 Å². The lowest BCUT2D eigenvalue weighted by molar-refractivity contribution is -0.133. The van der Waals surface area contributed by atoms with Crippen LogP contribution in [0.3, 0.4) is 0 Å². The van der Waals surface area contributed by atoms with E-state index >= 15 is 0 Å². The van der Waals surface area contributed by atoms with Gasteiger partial charge in [-0.1, -0.05) is 12.1 Å². The molecule has 2 fully saturated rings. The number of carbonyl (C=O) groups is 2. The first-order valence-corrected chi connectivity index (χ1v) is 9.84. The minimum atomic E-state index is 0.176. The van der Waals surface area contributed by atoms with Gasteiger partial charge in [0.15, 0.2) is 0 Å². The summed E-state index contributed by atoms with van der Waals surface area (Å²) in [6.07, 6.45) is 7.21. The van der Waals surface area contributed by atoms with E-state index in [1.807, 2.05) is 29.2 Å². The van der Waals surface area contributed by atoms with Crippen LogP contribution in [0.15, 0.2) is 24.3 Å². The average molecular weight is 358 g/mol. The molecule has 1 saturated heterocycles. The molecule has 1 saturated carbocycles. The monoisotopic (exact) mass is 358 g/mol. The van der Waals surface area contributed by atoms with Crippen molar-refractivity contribution in [2.24, 2.45) is 5.92 Å². The first-order valence-electron chi connectivity index (χ1n) is 9.84. The summed E-state index contributed by atoms with van der Waals surface area (Å²) in [7, 11) is 1.65. The Morgan fingerprint density at radius 3 is 2.62 bits per heavy atom. The number of hydrogen-bond acceptors (Lipinski definition) is 3. The molecule has 1 aromatic rings. The second kappa shape index (κ2) is 9.06. The lowest BCUT2D eigenvalue weighted by atomic mass is 9.93. The van der Waals surface area contributed by atoms with Crippen LogP contribution in [0.1, 0.15) is 50.5 Å². The number of ether oxygens (including phenoxy) is 1. The number of amides is 2. The second-order valence-electron chi connectivity index (χ2n) is 7.58. The fourth-order valence-corrected chi connectivity index (χ4v) is 3.59. The highest BCUT2D eigenvalue weighted by Crippen LogP contribution is 2.23. The summed E-state index contributed by atoms with van der Waals surface area (Å²) in [6, 6.07) is 8.34. The Bertz CT molecular complexity index is 610. The number of nitrogens with zero attached hydrogens (tertiary/aromatic N) is 1. The zero-order valence-electron chi connectivity index (χ0n) is 15.7. The molecule has 5 heteroatoms. The molecular formula is C21H30N2O3. The Morgan fingerprint density at radius 2 is 1.92 bits per heavy atom. The van der Waals surface area contributed by atoms with Crippen molar-refractivity contribution in [3.63, 3.8) is 0 Å². The maximum Gasteiger partial charge on any atom is 0.222 e. The van der Waals surface area contributed by atoms with E-state index in [0.29, 0.717) is 24.8 Å². The number of likely N-dealkylation sites (tertiary alicyclic amines) is 1. The SMILES string of the molecule is COc1ccc(CCC(=O)N2CCC[C@H](CCC(=O)NC3CC3)C2)cc1. The van der Waals surface area contributed by atoms with Crippen molar-refractivity contribution in [3.05, 3.63) is 29.8 Å². The van der Waals surface area contributed by atoms with Crippen molar-refractivity contribution < 1.29 is 14.3 Å². The number of nitrogens with one attached hydrogen (secondary N) is 1. The largest absolute Gasteiger partial charge is 0.497 e. The summed E-state index contributed by atoms with van der Waals surface area (Å²) in [5, 5.41) is 3.05. The summed E-state index contributed by atoms with van der Waals surface area (Å²) >= 11 is 0. The zero-order valence-corrected chi connectivity index (χ0v) is 15.7. The second-order valence-corrected chi connectivity index (χ2v) is 7.58. The quantitative estimate of drug-likeness (QED) is 0.777. The molecule has 1 N–H and O–H groups in total. The maximum atomic E-state index is 12.6. The zero-order chi connectivity index (χ0) is 18.4. The third-order valence-corrected chi connectivity index (χ3v) is 5.38. The minimum Gasteiger partial charge on any atom is -0.497 e. The fraction of sp³-hybridized carbons (Fsp3) is 0.619. The molecule has 0 spiro atoms. The van der Waals surface area contributed by atoms with Gasteiger partial charge in [-0.15, -0.1) is 0 Å². The van der Waals surface area contributed by atoms with Crippen LogP contribution in [0.5, 0.6) is 5.75 Å². The molecule has 26 heavy (non-hydrogen) atoms. The van der Waals surface area contributed by atoms with Crippen LogP contribution in [0, 0.1) is 5.92 Å². The van der Waals surface area contributed by atoms with Crippen molar-refractivity contribution in [2.75, 3.05) is 20.2 Å². The number of piperidine rings is 1. The number of methoxy groups -OCH3 is 1. The van der Waals surface area contributed by atoms with Gasteiger partial charge in [-0.3, -0.25) is 9.59 Å². The van der Waals surface area contributed by atoms with Gasteiger partial charge < -0.3 is 15.0 Å². The maximum absolute atomic E-state index is 12.6. The number of rotatable bonds is 8. The fourth-order valence-electron chi connectivity index (χ4n) is 3.59. The van der Waals surface area contributed by atoms with Crippen molar-refractivity contribution >= 4 is 11.8 Å². The number of carbonyl (C=O) groups excluding carboxylic acids is 2. The average Bonchev–Trinajstić information content (AvgIpc) is 3.49. The van der Waals surface area contributed by atoms with Crippen LogP contribution in [-0.2, 0) is 16.0 Å². The predicted octanol–water partition coefficient (Wildman–Crippen LogP) is 2.93. The van der Waals surface area contributed by atoms with Crippen LogP contribution >= 0.6 is 0 Å². The van der Waals surface area contributed by atoms with Crippen molar-refractivity contribution in [1.29, 1.82) is 0 Å². The van der Waals surface area contributed by atoms with Gasteiger partial charge in [0.25, 0.3) is 0 Å². The standard InChI is InChI=1S/C21H30N2O3/c1-26-19-10-4-16(5-11-19)7-13-21(25)23-14-2-3-17(15-23)6-12-20(24)22-18-8-9-18/h4-5,10-11,17-18H,2-3,6-9,12-15H2,1H3,(H,22,24)/t17-/m1/s1. The minimum absolute atomic E-state index is 0.176. The van der Waals surface area contributed by atoms with Gasteiger partial charge >= 0.3 is 0 Å². The Balaban J connectivity index is 1.39. The summed E-state index contributed by atoms with van der Waals surface area (Å²) < 4.78 is 5.16. The predicted molar refractivity (Wildman–Crippen MR) is 101 cm³/mol. The highest BCUT2D eigenvalue weighted by molar-refractivity contribution is 5.77. The van der Waals surface area contributed by atoms with E-state index in [-0.39, 0.29) is 11.8 Å². The molecule has 1 heterocycles. The molecule has 2 aliphatic rings. The molecule has 0 aromatic heterocycles. The Hall–Kier alpha value is -2.04. The Morgan fingerprint density at radius 1 is 1.15 bits per heavy atom. The molecule has 1 atom stereocenters. The van der Waals surface area contributed by atoms with E-state index in [4.69, 9.17) is 4.74 Å². The van der Waals surface area contributed by atoms with Crippen LogP contribution in [0.25, 0.3) is 0 Å². The molecule has 142 valence electrons. The number of hydrogen-bond donors (Lipinski definition) is 1. The highest BCUT2D eigenvalue weighted by Gasteiger charge is 2.26. The van der Waals surface area contributed by atoms with Crippen molar-refractivity contribution in [3.8, 4) is 5.75 Å². The molecular weight excluding hydrogens is 328 g/mol. The van der Waals surface area contributed by atoms with Gasteiger partial charge in [-0.05, 0) is 62.1 Å². The number of benzene rings is 1. The molecule has 5 nitrogen and oxygen atoms in total. The van der Waals surface area contributed by atoms with Crippen LogP contribution < -0.4 is 10.1 Å². The van der Waals surface area contributed by atoms with E-state index in [1.165, 1.54) is 0 Å². The van der Waals surface area contributed by atoms with Gasteiger partial charge in [0.2, 0.25) is 11.8 Å². The van der Waals surface area contributed by atoms with E-state index < -0.39 is 0 Å². The molecule has 0 bridgehead atoms. The molecule has 1 aliphatic heterocycles. The van der Waals surface area contributed by atoms with Gasteiger partial charge in [-0.2, -0.15) is 0 Å². The third-order valence-electron chi connectivity index (χ3n) is 5.38. The van der Waals surface area contributed by atoms with E-state index in [9.17, 15) is 9.59 Å². The van der Waals surface area contributed by atoms with E-state index in [2.05, 4.69) is 5.32 Å². The van der Waals surface area contributed by atoms with Crippen molar-refractivity contribution in [2.45, 2.75) is 57.4 Å². The first kappa shape index (κ1) is 18.7. The van der Waals surface area contributed by atoms with Crippen LogP contribution in [0.4, 0.5) is 0 Å². The summed E-state index contributed by atoms with van der Waals surface area (Å²) in [5.74, 6) is 1.70. The first-order chi connectivity index (χ1) is 12.6. The Labute approximate surface area is 156 Å². The van der Waals surface area contributed by atoms with Gasteiger partial charge in [0, 0.05) is 32.0 Å². The molecule has 1 aliphatic carbocycles. The van der Waals surface area contributed by atoms with Gasteiger partial charge in [0.1, 0.15) is 5.75 Å². The van der Waals surface area contributed by atoms with Crippen LogP contribution in [0.2, 0.25) is 0 Å². The molecule has 0 unspecified atom stereocenters. The lowest BCUT2D eigenvalue weighted by Crippen LogP contribution is -2.40. The van der Waals surface area contributed by atoms with E-state index in [1.54, 1.807) is 7.11 Å². The number of aryl methyl sites for hydroxylation is 1. The summed E-state index contributed by atoms with van der Waals surface area (Å²) in [4.78, 5) is 26.4. The molecule has 0 radical (unpaired) electrons. The Kier molecular flexibility index (Phi) is 6.53. The third kappa shape index (κ3) is 5.75. The smallest absolute Gasteiger partial charge is 0.222 e. The van der Waals surface area contributed by atoms with E-state index in [0.717, 1.165) is 62.9 Å². The normalized spacial score (nSPS) is 19.9. The molecule has 1 aromatic carbocycles. The van der Waals surface area contributed by atoms with Gasteiger partial charge in [-0.25, -0.2) is 0 Å². The molecule has 2 amide bonds. The lowest BCUT2D eigenvalue weighted by Gasteiger charge is -2.33. The highest BCUT2D eigenvalue weighted by atomic mass is 16.5. The van der Waals surface area contributed by atoms with Crippen LogP contribution in [-0.4, -0.2) is 43.0 Å². The van der Waals surface area contributed by atoms with Gasteiger partial charge in [0.05, 0.1) is 7.11 Å². The molecule has 3 rings (SSSR count).